The largest absolute Gasteiger partial charge is 0.480 e. The monoisotopic (exact) mass is 355 g/mol. The van der Waals surface area contributed by atoms with Gasteiger partial charge in [-0.1, -0.05) is 54.6 Å². The van der Waals surface area contributed by atoms with Gasteiger partial charge in [-0.25, -0.2) is 4.79 Å². The van der Waals surface area contributed by atoms with Gasteiger partial charge in [0.15, 0.2) is 0 Å². The summed E-state index contributed by atoms with van der Waals surface area (Å²) in [5.74, 6) is -0.244. The molecule has 1 aliphatic rings. The molecule has 2 aromatic rings. The predicted octanol–water partition coefficient (Wildman–Crippen LogP) is 3.17. The van der Waals surface area contributed by atoms with Crippen LogP contribution in [0.4, 0.5) is 0 Å². The van der Waals surface area contributed by atoms with E-state index in [2.05, 4.69) is 0 Å². The normalized spacial score (nSPS) is 17.4. The first-order valence-electron chi connectivity index (χ1n) is 8.30. The third-order valence-electron chi connectivity index (χ3n) is 4.59. The summed E-state index contributed by atoms with van der Waals surface area (Å²) < 4.78 is 0. The first-order valence-corrected chi connectivity index (χ1v) is 9.35. The van der Waals surface area contributed by atoms with Gasteiger partial charge in [-0.05, 0) is 28.9 Å². The van der Waals surface area contributed by atoms with Crippen molar-refractivity contribution in [2.24, 2.45) is 0 Å². The Morgan fingerprint density at radius 1 is 1.16 bits per heavy atom. The zero-order valence-corrected chi connectivity index (χ0v) is 14.9. The number of fused-ring (bicyclic) bond motifs is 1. The van der Waals surface area contributed by atoms with Crippen LogP contribution in [0.15, 0.2) is 54.6 Å². The number of thioether (sulfide) groups is 1. The molecule has 2 unspecified atom stereocenters. The lowest BCUT2D eigenvalue weighted by Crippen LogP contribution is -2.45. The molecule has 0 aromatic heterocycles. The molecule has 0 bridgehead atoms. The number of carboxylic acids is 1. The highest BCUT2D eigenvalue weighted by molar-refractivity contribution is 8.00. The van der Waals surface area contributed by atoms with E-state index in [-0.39, 0.29) is 11.2 Å². The number of hydrogen-bond acceptors (Lipinski definition) is 3. The molecule has 5 heteroatoms. The summed E-state index contributed by atoms with van der Waals surface area (Å²) in [5.41, 5.74) is 3.11. The summed E-state index contributed by atoms with van der Waals surface area (Å²) in [4.78, 5) is 26.2. The minimum Gasteiger partial charge on any atom is -0.480 e. The Bertz CT molecular complexity index is 763. The van der Waals surface area contributed by atoms with Crippen LogP contribution in [-0.4, -0.2) is 40.7 Å². The van der Waals surface area contributed by atoms with Crippen molar-refractivity contribution in [1.29, 1.82) is 0 Å². The number of carbonyl (C=O) groups is 2. The molecule has 1 amide bonds. The molecule has 2 atom stereocenters. The van der Waals surface area contributed by atoms with Gasteiger partial charge in [-0.2, -0.15) is 0 Å². The molecule has 1 aliphatic heterocycles. The molecule has 1 heterocycles. The zero-order chi connectivity index (χ0) is 17.8. The van der Waals surface area contributed by atoms with Gasteiger partial charge in [-0.15, -0.1) is 11.8 Å². The Morgan fingerprint density at radius 3 is 2.56 bits per heavy atom. The van der Waals surface area contributed by atoms with E-state index >= 15 is 0 Å². The highest BCUT2D eigenvalue weighted by Gasteiger charge is 2.34. The smallest absolute Gasteiger partial charge is 0.326 e. The molecule has 0 radical (unpaired) electrons. The van der Waals surface area contributed by atoms with E-state index in [4.69, 9.17) is 0 Å². The highest BCUT2D eigenvalue weighted by Crippen LogP contribution is 2.38. The zero-order valence-electron chi connectivity index (χ0n) is 14.1. The van der Waals surface area contributed by atoms with E-state index in [0.717, 1.165) is 23.3 Å². The number of aliphatic carboxylic acids is 1. The fraction of sp³-hybridized carbons (Fsp3) is 0.300. The Labute approximate surface area is 151 Å². The molecule has 0 saturated carbocycles. The molecule has 0 spiro atoms. The molecule has 0 fully saturated rings. The number of likely N-dealkylation sites (N-methyl/N-ethyl adjacent to an activating group) is 1. The molecule has 0 aliphatic carbocycles. The van der Waals surface area contributed by atoms with Crippen LogP contribution in [0, 0.1) is 0 Å². The summed E-state index contributed by atoms with van der Waals surface area (Å²) in [6.07, 6.45) is 1.25. The van der Waals surface area contributed by atoms with Crippen LogP contribution >= 0.6 is 11.8 Å². The molecule has 1 N–H and O–H groups in total. The number of carboxylic acid groups (broad SMARTS) is 1. The predicted molar refractivity (Wildman–Crippen MR) is 99.7 cm³/mol. The number of aryl methyl sites for hydroxylation is 1. The fourth-order valence-electron chi connectivity index (χ4n) is 3.16. The quantitative estimate of drug-likeness (QED) is 0.895. The number of benzene rings is 2. The Hall–Kier alpha value is -2.27. The maximum absolute atomic E-state index is 13.0. The molecule has 25 heavy (non-hydrogen) atoms. The SMILES string of the molecule is CN(C(=O)C1SCCc2ccccc21)C(Cc1ccccc1)C(=O)O. The van der Waals surface area contributed by atoms with E-state index in [1.807, 2.05) is 54.6 Å². The number of carbonyl (C=O) groups excluding carboxylic acids is 1. The van der Waals surface area contributed by atoms with Gasteiger partial charge in [0.25, 0.3) is 0 Å². The van der Waals surface area contributed by atoms with Gasteiger partial charge < -0.3 is 10.0 Å². The lowest BCUT2D eigenvalue weighted by atomic mass is 9.99. The van der Waals surface area contributed by atoms with Crippen molar-refractivity contribution in [3.05, 3.63) is 71.3 Å². The second kappa shape index (κ2) is 7.74. The van der Waals surface area contributed by atoms with Gasteiger partial charge in [0.2, 0.25) is 5.91 Å². The van der Waals surface area contributed by atoms with Crippen LogP contribution in [0.1, 0.15) is 21.9 Å². The topological polar surface area (TPSA) is 57.6 Å². The second-order valence-corrected chi connectivity index (χ2v) is 7.41. The van der Waals surface area contributed by atoms with Crippen LogP contribution in [0.2, 0.25) is 0 Å². The van der Waals surface area contributed by atoms with Crippen LogP contribution in [0.5, 0.6) is 0 Å². The van der Waals surface area contributed by atoms with Gasteiger partial charge >= 0.3 is 5.97 Å². The van der Waals surface area contributed by atoms with Crippen LogP contribution in [0.3, 0.4) is 0 Å². The summed E-state index contributed by atoms with van der Waals surface area (Å²) in [6, 6.07) is 16.5. The van der Waals surface area contributed by atoms with Crippen LogP contribution < -0.4 is 0 Å². The molecule has 3 rings (SSSR count). The molecule has 2 aromatic carbocycles. The molecular weight excluding hydrogens is 334 g/mol. The van der Waals surface area contributed by atoms with Crippen LogP contribution in [0.25, 0.3) is 0 Å². The maximum Gasteiger partial charge on any atom is 0.326 e. The maximum atomic E-state index is 13.0. The lowest BCUT2D eigenvalue weighted by molar-refractivity contribution is -0.148. The molecule has 0 saturated heterocycles. The first-order chi connectivity index (χ1) is 12.1. The standard InChI is InChI=1S/C20H21NO3S/c1-21(17(20(23)24)13-14-7-3-2-4-8-14)19(22)18-16-10-6-5-9-15(16)11-12-25-18/h2-10,17-18H,11-13H2,1H3,(H,23,24). The van der Waals surface area contributed by atoms with E-state index in [1.165, 1.54) is 10.5 Å². The fourth-order valence-corrected chi connectivity index (χ4v) is 4.46. The summed E-state index contributed by atoms with van der Waals surface area (Å²) in [6.45, 7) is 0. The van der Waals surface area contributed by atoms with Gasteiger partial charge in [-0.3, -0.25) is 4.79 Å². The van der Waals surface area contributed by atoms with E-state index in [9.17, 15) is 14.7 Å². The summed E-state index contributed by atoms with van der Waals surface area (Å²) >= 11 is 1.59. The van der Waals surface area contributed by atoms with Crippen molar-refractivity contribution in [1.82, 2.24) is 4.90 Å². The number of amides is 1. The minimum absolute atomic E-state index is 0.138. The van der Waals surface area contributed by atoms with Gasteiger partial charge in [0.05, 0.1) is 0 Å². The average Bonchev–Trinajstić information content (AvgIpc) is 2.65. The van der Waals surface area contributed by atoms with Crippen molar-refractivity contribution in [3.63, 3.8) is 0 Å². The Balaban J connectivity index is 1.82. The van der Waals surface area contributed by atoms with Crippen molar-refractivity contribution >= 4 is 23.6 Å². The molecule has 4 nitrogen and oxygen atoms in total. The third kappa shape index (κ3) is 3.87. The summed E-state index contributed by atoms with van der Waals surface area (Å²) in [5, 5.41) is 9.32. The van der Waals surface area contributed by atoms with E-state index < -0.39 is 12.0 Å². The third-order valence-corrected chi connectivity index (χ3v) is 5.82. The lowest BCUT2D eigenvalue weighted by Gasteiger charge is -2.31. The number of hydrogen-bond donors (Lipinski definition) is 1. The molecular formula is C20H21NO3S. The summed E-state index contributed by atoms with van der Waals surface area (Å²) in [7, 11) is 1.60. The number of nitrogens with zero attached hydrogens (tertiary/aromatic N) is 1. The number of rotatable bonds is 5. The minimum atomic E-state index is -0.978. The average molecular weight is 355 g/mol. The van der Waals surface area contributed by atoms with E-state index in [0.29, 0.717) is 6.42 Å². The van der Waals surface area contributed by atoms with Gasteiger partial charge in [0.1, 0.15) is 11.3 Å². The van der Waals surface area contributed by atoms with Crippen molar-refractivity contribution in [2.75, 3.05) is 12.8 Å². The van der Waals surface area contributed by atoms with E-state index in [1.54, 1.807) is 18.8 Å². The Kier molecular flexibility index (Phi) is 5.43. The first kappa shape index (κ1) is 17.5. The van der Waals surface area contributed by atoms with Crippen LogP contribution in [-0.2, 0) is 22.4 Å². The highest BCUT2D eigenvalue weighted by atomic mass is 32.2. The van der Waals surface area contributed by atoms with Crippen molar-refractivity contribution < 1.29 is 14.7 Å². The van der Waals surface area contributed by atoms with Crippen molar-refractivity contribution in [2.45, 2.75) is 24.1 Å². The van der Waals surface area contributed by atoms with Gasteiger partial charge in [0, 0.05) is 13.5 Å². The van der Waals surface area contributed by atoms with Crippen molar-refractivity contribution in [3.8, 4) is 0 Å². The molecule has 130 valence electrons. The second-order valence-electron chi connectivity index (χ2n) is 6.19. The Morgan fingerprint density at radius 2 is 1.84 bits per heavy atom.